The van der Waals surface area contributed by atoms with Crippen molar-refractivity contribution in [1.82, 2.24) is 20.6 Å². The number of aromatic amines is 1. The number of H-pyrrole nitrogens is 1. The first-order chi connectivity index (χ1) is 9.31. The Kier molecular flexibility index (Phi) is 4.12. The summed E-state index contributed by atoms with van der Waals surface area (Å²) in [6, 6.07) is 9.35. The number of nitrogens with one attached hydrogen (secondary N) is 1. The fourth-order valence-corrected chi connectivity index (χ4v) is 1.44. The second-order valence-corrected chi connectivity index (χ2v) is 3.57. The van der Waals surface area contributed by atoms with Gasteiger partial charge in [0.15, 0.2) is 0 Å². The molecule has 7 nitrogen and oxygen atoms in total. The zero-order chi connectivity index (χ0) is 13.5. The van der Waals surface area contributed by atoms with Crippen molar-refractivity contribution in [2.75, 3.05) is 11.4 Å². The van der Waals surface area contributed by atoms with E-state index < -0.39 is 5.91 Å². The maximum Gasteiger partial charge on any atom is 0.273 e. The summed E-state index contributed by atoms with van der Waals surface area (Å²) in [7, 11) is 0. The van der Waals surface area contributed by atoms with Crippen LogP contribution in [0.4, 0.5) is 5.95 Å². The molecule has 96 valence electrons. The van der Waals surface area contributed by atoms with Crippen molar-refractivity contribution >= 4 is 24.2 Å². The van der Waals surface area contributed by atoms with Crippen LogP contribution in [0.5, 0.6) is 0 Å². The van der Waals surface area contributed by atoms with Crippen LogP contribution in [0.15, 0.2) is 36.4 Å². The van der Waals surface area contributed by atoms with Gasteiger partial charge in [0.05, 0.1) is 6.54 Å². The summed E-state index contributed by atoms with van der Waals surface area (Å²) in [5, 5.41) is 12.9. The molecule has 1 heterocycles. The average molecular weight is 257 g/mol. The predicted molar refractivity (Wildman–Crippen MR) is 68.1 cm³/mol. The Labute approximate surface area is 108 Å². The molecule has 19 heavy (non-hydrogen) atoms. The molecular weight excluding hydrogens is 246 g/mol. The first kappa shape index (κ1) is 12.6. The molecule has 0 radical (unpaired) electrons. The molecule has 7 heteroatoms. The van der Waals surface area contributed by atoms with Crippen molar-refractivity contribution < 1.29 is 9.59 Å². The van der Waals surface area contributed by atoms with E-state index in [1.54, 1.807) is 6.08 Å². The van der Waals surface area contributed by atoms with Gasteiger partial charge in [0, 0.05) is 6.08 Å². The Bertz CT molecular complexity index is 565. The van der Waals surface area contributed by atoms with Crippen molar-refractivity contribution in [2.45, 2.75) is 0 Å². The predicted octanol–water partition coefficient (Wildman–Crippen LogP) is 0.445. The molecule has 0 saturated carbocycles. The number of aldehydes is 1. The fraction of sp³-hybridized carbons (Fsp3) is 0.0833. The summed E-state index contributed by atoms with van der Waals surface area (Å²) in [4.78, 5) is 23.7. The molecule has 0 saturated heterocycles. The number of tetrazole rings is 1. The lowest BCUT2D eigenvalue weighted by Crippen LogP contribution is -2.32. The average Bonchev–Trinajstić information content (AvgIpc) is 2.97. The summed E-state index contributed by atoms with van der Waals surface area (Å²) in [5.41, 5.74) is 0.884. The Morgan fingerprint density at radius 2 is 2.11 bits per heavy atom. The maximum atomic E-state index is 12.0. The Morgan fingerprint density at radius 1 is 1.32 bits per heavy atom. The standard InChI is InChI=1S/C12H11N5O2/c18-9-8-17(12-13-15-16-14-12)11(19)7-6-10-4-2-1-3-5-10/h1-7,9H,8H2,(H,13,14,15,16)/b7-6+. The van der Waals surface area contributed by atoms with Gasteiger partial charge in [-0.25, -0.2) is 0 Å². The molecule has 0 aliphatic carbocycles. The minimum atomic E-state index is -0.391. The highest BCUT2D eigenvalue weighted by atomic mass is 16.2. The molecule has 1 amide bonds. The van der Waals surface area contributed by atoms with Crippen molar-refractivity contribution in [3.05, 3.63) is 42.0 Å². The number of amides is 1. The van der Waals surface area contributed by atoms with Crippen LogP contribution in [0, 0.1) is 0 Å². The van der Waals surface area contributed by atoms with Gasteiger partial charge in [-0.05, 0) is 16.9 Å². The van der Waals surface area contributed by atoms with E-state index in [9.17, 15) is 9.59 Å². The molecule has 0 unspecified atom stereocenters. The zero-order valence-corrected chi connectivity index (χ0v) is 9.93. The van der Waals surface area contributed by atoms with E-state index in [1.807, 2.05) is 30.3 Å². The smallest absolute Gasteiger partial charge is 0.273 e. The van der Waals surface area contributed by atoms with Gasteiger partial charge in [0.1, 0.15) is 6.29 Å². The minimum Gasteiger partial charge on any atom is -0.301 e. The number of hydrogen-bond acceptors (Lipinski definition) is 5. The number of nitrogens with zero attached hydrogens (tertiary/aromatic N) is 4. The van der Waals surface area contributed by atoms with Crippen molar-refractivity contribution in [3.63, 3.8) is 0 Å². The molecule has 2 aromatic rings. The number of benzene rings is 1. The molecule has 2 rings (SSSR count). The molecule has 0 bridgehead atoms. The van der Waals surface area contributed by atoms with Gasteiger partial charge >= 0.3 is 0 Å². The normalized spacial score (nSPS) is 10.5. The number of rotatable bonds is 5. The quantitative estimate of drug-likeness (QED) is 0.620. The van der Waals surface area contributed by atoms with E-state index in [4.69, 9.17) is 0 Å². The van der Waals surface area contributed by atoms with E-state index in [1.165, 1.54) is 6.08 Å². The first-order valence-electron chi connectivity index (χ1n) is 5.53. The van der Waals surface area contributed by atoms with Crippen molar-refractivity contribution in [3.8, 4) is 0 Å². The van der Waals surface area contributed by atoms with Gasteiger partial charge in [-0.2, -0.15) is 5.21 Å². The summed E-state index contributed by atoms with van der Waals surface area (Å²) in [6.07, 6.45) is 3.61. The Morgan fingerprint density at radius 3 is 2.74 bits per heavy atom. The zero-order valence-electron chi connectivity index (χ0n) is 9.93. The molecule has 0 fully saturated rings. The van der Waals surface area contributed by atoms with Crippen LogP contribution >= 0.6 is 0 Å². The lowest BCUT2D eigenvalue weighted by molar-refractivity contribution is -0.116. The van der Waals surface area contributed by atoms with Crippen LogP contribution in [0.25, 0.3) is 6.08 Å². The number of carbonyl (C=O) groups excluding carboxylic acids is 2. The molecule has 0 atom stereocenters. The van der Waals surface area contributed by atoms with Crippen LogP contribution in [0.2, 0.25) is 0 Å². The molecule has 0 aliphatic heterocycles. The van der Waals surface area contributed by atoms with E-state index in [-0.39, 0.29) is 12.5 Å². The van der Waals surface area contributed by atoms with Gasteiger partial charge < -0.3 is 4.79 Å². The van der Waals surface area contributed by atoms with Crippen LogP contribution in [-0.4, -0.2) is 39.4 Å². The Hall–Kier alpha value is -2.83. The fourth-order valence-electron chi connectivity index (χ4n) is 1.44. The van der Waals surface area contributed by atoms with E-state index in [0.29, 0.717) is 6.29 Å². The molecular formula is C12H11N5O2. The number of anilines is 1. The lowest BCUT2D eigenvalue weighted by atomic mass is 10.2. The van der Waals surface area contributed by atoms with Gasteiger partial charge in [-0.1, -0.05) is 35.4 Å². The second kappa shape index (κ2) is 6.20. The van der Waals surface area contributed by atoms with Crippen molar-refractivity contribution in [2.24, 2.45) is 0 Å². The summed E-state index contributed by atoms with van der Waals surface area (Å²) in [6.45, 7) is -0.127. The highest BCUT2D eigenvalue weighted by Crippen LogP contribution is 2.06. The van der Waals surface area contributed by atoms with Crippen LogP contribution in [0.3, 0.4) is 0 Å². The van der Waals surface area contributed by atoms with E-state index >= 15 is 0 Å². The molecule has 1 N–H and O–H groups in total. The summed E-state index contributed by atoms with van der Waals surface area (Å²) in [5.74, 6) is -0.327. The third-order valence-corrected chi connectivity index (χ3v) is 2.32. The van der Waals surface area contributed by atoms with E-state index in [0.717, 1.165) is 10.5 Å². The van der Waals surface area contributed by atoms with Crippen LogP contribution < -0.4 is 4.90 Å². The summed E-state index contributed by atoms with van der Waals surface area (Å²) < 4.78 is 0. The Balaban J connectivity index is 2.12. The third kappa shape index (κ3) is 3.32. The van der Waals surface area contributed by atoms with Crippen LogP contribution in [0.1, 0.15) is 5.56 Å². The second-order valence-electron chi connectivity index (χ2n) is 3.57. The van der Waals surface area contributed by atoms with Crippen molar-refractivity contribution in [1.29, 1.82) is 0 Å². The molecule has 1 aromatic heterocycles. The topological polar surface area (TPSA) is 91.8 Å². The highest BCUT2D eigenvalue weighted by Gasteiger charge is 2.16. The third-order valence-electron chi connectivity index (χ3n) is 2.32. The SMILES string of the molecule is O=CCN(C(=O)/C=C/c1ccccc1)c1nn[nH]n1. The van der Waals surface area contributed by atoms with Gasteiger partial charge in [0.2, 0.25) is 0 Å². The van der Waals surface area contributed by atoms with Crippen LogP contribution in [-0.2, 0) is 9.59 Å². The largest absolute Gasteiger partial charge is 0.301 e. The number of aromatic nitrogens is 4. The van der Waals surface area contributed by atoms with E-state index in [2.05, 4.69) is 20.6 Å². The summed E-state index contributed by atoms with van der Waals surface area (Å²) >= 11 is 0. The first-order valence-corrected chi connectivity index (χ1v) is 5.53. The highest BCUT2D eigenvalue weighted by molar-refractivity contribution is 6.04. The van der Waals surface area contributed by atoms with Gasteiger partial charge in [0.25, 0.3) is 11.9 Å². The molecule has 1 aromatic carbocycles. The van der Waals surface area contributed by atoms with Gasteiger partial charge in [-0.3, -0.25) is 9.69 Å². The lowest BCUT2D eigenvalue weighted by Gasteiger charge is -2.12. The van der Waals surface area contributed by atoms with Gasteiger partial charge in [-0.15, -0.1) is 5.10 Å². The maximum absolute atomic E-state index is 12.0. The number of carbonyl (C=O) groups is 2. The number of hydrogen-bond donors (Lipinski definition) is 1. The minimum absolute atomic E-state index is 0.0646. The molecule has 0 spiro atoms. The monoisotopic (exact) mass is 257 g/mol. The molecule has 0 aliphatic rings.